The van der Waals surface area contributed by atoms with Crippen LogP contribution in [0.4, 0.5) is 9.39 Å². The SMILES string of the molecule is O=C(O)c1ccc(NC(=O)c2cccc(F)c2Br)s1. The molecule has 2 rings (SSSR count). The number of halogens is 2. The zero-order valence-electron chi connectivity index (χ0n) is 9.31. The molecule has 0 fully saturated rings. The molecule has 0 saturated heterocycles. The van der Waals surface area contributed by atoms with Crippen LogP contribution >= 0.6 is 27.3 Å². The van der Waals surface area contributed by atoms with Crippen LogP contribution in [0.25, 0.3) is 0 Å². The van der Waals surface area contributed by atoms with E-state index in [0.29, 0.717) is 5.00 Å². The molecule has 0 radical (unpaired) electrons. The molecule has 19 heavy (non-hydrogen) atoms. The molecule has 4 nitrogen and oxygen atoms in total. The maximum Gasteiger partial charge on any atom is 0.345 e. The van der Waals surface area contributed by atoms with E-state index in [-0.39, 0.29) is 14.9 Å². The van der Waals surface area contributed by atoms with E-state index in [2.05, 4.69) is 21.2 Å². The quantitative estimate of drug-likeness (QED) is 0.894. The summed E-state index contributed by atoms with van der Waals surface area (Å²) >= 11 is 3.93. The average Bonchev–Trinajstić information content (AvgIpc) is 2.81. The maximum atomic E-state index is 13.3. The van der Waals surface area contributed by atoms with Gasteiger partial charge in [0.15, 0.2) is 0 Å². The van der Waals surface area contributed by atoms with Crippen molar-refractivity contribution < 1.29 is 19.1 Å². The third kappa shape index (κ3) is 2.99. The number of hydrogen-bond donors (Lipinski definition) is 2. The molecule has 1 heterocycles. The summed E-state index contributed by atoms with van der Waals surface area (Å²) in [5, 5.41) is 11.7. The van der Waals surface area contributed by atoms with Crippen LogP contribution in [0.1, 0.15) is 20.0 Å². The van der Waals surface area contributed by atoms with E-state index in [1.165, 1.54) is 30.3 Å². The van der Waals surface area contributed by atoms with Crippen molar-refractivity contribution in [3.8, 4) is 0 Å². The summed E-state index contributed by atoms with van der Waals surface area (Å²) in [5.74, 6) is -2.10. The summed E-state index contributed by atoms with van der Waals surface area (Å²) in [6.07, 6.45) is 0. The van der Waals surface area contributed by atoms with Gasteiger partial charge in [0.05, 0.1) is 15.0 Å². The molecule has 1 amide bonds. The number of carbonyl (C=O) groups excluding carboxylic acids is 1. The van der Waals surface area contributed by atoms with Crippen LogP contribution in [0.2, 0.25) is 0 Å². The number of nitrogens with one attached hydrogen (secondary N) is 1. The van der Waals surface area contributed by atoms with Crippen molar-refractivity contribution in [2.75, 3.05) is 5.32 Å². The molecule has 0 atom stereocenters. The minimum atomic E-state index is -1.06. The van der Waals surface area contributed by atoms with Crippen molar-refractivity contribution in [3.63, 3.8) is 0 Å². The summed E-state index contributed by atoms with van der Waals surface area (Å²) < 4.78 is 13.4. The fraction of sp³-hybridized carbons (Fsp3) is 0. The van der Waals surface area contributed by atoms with Gasteiger partial charge in [-0.1, -0.05) is 6.07 Å². The molecule has 1 aromatic heterocycles. The van der Waals surface area contributed by atoms with Crippen molar-refractivity contribution in [1.29, 1.82) is 0 Å². The van der Waals surface area contributed by atoms with Gasteiger partial charge in [0.2, 0.25) is 0 Å². The van der Waals surface area contributed by atoms with E-state index in [0.717, 1.165) is 11.3 Å². The standard InChI is InChI=1S/C12H7BrFNO3S/c13-10-6(2-1-3-7(10)14)11(16)15-9-5-4-8(19-9)12(17)18/h1-5H,(H,15,16)(H,17,18). The van der Waals surface area contributed by atoms with Crippen LogP contribution in [0.3, 0.4) is 0 Å². The van der Waals surface area contributed by atoms with Crippen LogP contribution in [0.15, 0.2) is 34.8 Å². The highest BCUT2D eigenvalue weighted by molar-refractivity contribution is 9.10. The van der Waals surface area contributed by atoms with Gasteiger partial charge in [-0.2, -0.15) is 0 Å². The lowest BCUT2D eigenvalue weighted by atomic mass is 10.2. The molecule has 2 N–H and O–H groups in total. The normalized spacial score (nSPS) is 10.2. The van der Waals surface area contributed by atoms with Gasteiger partial charge >= 0.3 is 5.97 Å². The summed E-state index contributed by atoms with van der Waals surface area (Å²) in [6.45, 7) is 0. The van der Waals surface area contributed by atoms with E-state index in [1.807, 2.05) is 0 Å². The molecule has 0 saturated carbocycles. The van der Waals surface area contributed by atoms with Crippen molar-refractivity contribution in [2.24, 2.45) is 0 Å². The molecule has 0 unspecified atom stereocenters. The molecule has 0 bridgehead atoms. The van der Waals surface area contributed by atoms with Crippen LogP contribution < -0.4 is 5.32 Å². The Hall–Kier alpha value is -1.73. The Bertz CT molecular complexity index is 656. The van der Waals surface area contributed by atoms with E-state index in [4.69, 9.17) is 5.11 Å². The molecular formula is C12H7BrFNO3S. The third-order valence-electron chi connectivity index (χ3n) is 2.25. The van der Waals surface area contributed by atoms with E-state index in [1.54, 1.807) is 0 Å². The highest BCUT2D eigenvalue weighted by Gasteiger charge is 2.15. The molecular weight excluding hydrogens is 337 g/mol. The Kier molecular flexibility index (Phi) is 3.96. The number of thiophene rings is 1. The van der Waals surface area contributed by atoms with Crippen LogP contribution in [-0.4, -0.2) is 17.0 Å². The van der Waals surface area contributed by atoms with Crippen molar-refractivity contribution in [3.05, 3.63) is 51.1 Å². The highest BCUT2D eigenvalue weighted by Crippen LogP contribution is 2.25. The maximum absolute atomic E-state index is 13.3. The number of amides is 1. The van der Waals surface area contributed by atoms with Gasteiger partial charge in [-0.3, -0.25) is 4.79 Å². The van der Waals surface area contributed by atoms with Crippen LogP contribution in [0.5, 0.6) is 0 Å². The Morgan fingerprint density at radius 2 is 2.00 bits per heavy atom. The number of carboxylic acid groups (broad SMARTS) is 1. The highest BCUT2D eigenvalue weighted by atomic mass is 79.9. The van der Waals surface area contributed by atoms with Crippen LogP contribution in [0, 0.1) is 5.82 Å². The minimum Gasteiger partial charge on any atom is -0.477 e. The lowest BCUT2D eigenvalue weighted by Crippen LogP contribution is -2.12. The molecule has 1 aromatic carbocycles. The van der Waals surface area contributed by atoms with Crippen molar-refractivity contribution in [2.45, 2.75) is 0 Å². The van der Waals surface area contributed by atoms with Gasteiger partial charge in [-0.15, -0.1) is 11.3 Å². The average molecular weight is 344 g/mol. The molecule has 2 aromatic rings. The monoisotopic (exact) mass is 343 g/mol. The second-order valence-corrected chi connectivity index (χ2v) is 5.40. The zero-order valence-corrected chi connectivity index (χ0v) is 11.7. The Balaban J connectivity index is 2.21. The summed E-state index contributed by atoms with van der Waals surface area (Å²) in [5.41, 5.74) is 0.144. The summed E-state index contributed by atoms with van der Waals surface area (Å²) in [4.78, 5) is 22.7. The Morgan fingerprint density at radius 1 is 1.26 bits per heavy atom. The molecule has 98 valence electrons. The first kappa shape index (κ1) is 13.7. The number of anilines is 1. The van der Waals surface area contributed by atoms with Gasteiger partial charge in [0.1, 0.15) is 10.7 Å². The Morgan fingerprint density at radius 3 is 2.63 bits per heavy atom. The van der Waals surface area contributed by atoms with Crippen molar-refractivity contribution >= 4 is 44.1 Å². The zero-order chi connectivity index (χ0) is 14.0. The topological polar surface area (TPSA) is 66.4 Å². The van der Waals surface area contributed by atoms with Crippen LogP contribution in [-0.2, 0) is 0 Å². The van der Waals surface area contributed by atoms with E-state index < -0.39 is 17.7 Å². The number of carbonyl (C=O) groups is 2. The second-order valence-electron chi connectivity index (χ2n) is 3.52. The molecule has 0 aliphatic rings. The number of aromatic carboxylic acids is 1. The third-order valence-corrected chi connectivity index (χ3v) is 4.04. The summed E-state index contributed by atoms with van der Waals surface area (Å²) in [6, 6.07) is 7.00. The smallest absolute Gasteiger partial charge is 0.345 e. The number of rotatable bonds is 3. The molecule has 7 heteroatoms. The first-order valence-corrected chi connectivity index (χ1v) is 6.68. The van der Waals surface area contributed by atoms with Crippen molar-refractivity contribution in [1.82, 2.24) is 0 Å². The predicted octanol–water partition coefficient (Wildman–Crippen LogP) is 3.60. The number of hydrogen-bond acceptors (Lipinski definition) is 3. The molecule has 0 aliphatic heterocycles. The lowest BCUT2D eigenvalue weighted by molar-refractivity contribution is 0.0702. The van der Waals surface area contributed by atoms with Gasteiger partial charge in [0, 0.05) is 0 Å². The lowest BCUT2D eigenvalue weighted by Gasteiger charge is -2.05. The molecule has 0 spiro atoms. The Labute approximate surface area is 120 Å². The van der Waals surface area contributed by atoms with Gasteiger partial charge in [0.25, 0.3) is 5.91 Å². The van der Waals surface area contributed by atoms with Gasteiger partial charge in [-0.05, 0) is 40.2 Å². The first-order chi connectivity index (χ1) is 8.99. The van der Waals surface area contributed by atoms with E-state index >= 15 is 0 Å². The largest absolute Gasteiger partial charge is 0.477 e. The summed E-state index contributed by atoms with van der Waals surface area (Å²) in [7, 11) is 0. The van der Waals surface area contributed by atoms with E-state index in [9.17, 15) is 14.0 Å². The van der Waals surface area contributed by atoms with Gasteiger partial charge in [-0.25, -0.2) is 9.18 Å². The fourth-order valence-corrected chi connectivity index (χ4v) is 2.56. The minimum absolute atomic E-state index is 0.0718. The van der Waals surface area contributed by atoms with Gasteiger partial charge < -0.3 is 10.4 Å². The number of benzene rings is 1. The second kappa shape index (κ2) is 5.50. The predicted molar refractivity (Wildman–Crippen MR) is 73.3 cm³/mol. The number of carboxylic acids is 1. The molecule has 0 aliphatic carbocycles. The fourth-order valence-electron chi connectivity index (χ4n) is 1.38. The first-order valence-electron chi connectivity index (χ1n) is 5.07.